The smallest absolute Gasteiger partial charge is 0.0376 e. The van der Waals surface area contributed by atoms with E-state index in [0.717, 1.165) is 12.0 Å². The summed E-state index contributed by atoms with van der Waals surface area (Å²) in [4.78, 5) is 0. The van der Waals surface area contributed by atoms with Gasteiger partial charge >= 0.3 is 0 Å². The van der Waals surface area contributed by atoms with Crippen molar-refractivity contribution in [2.45, 2.75) is 27.2 Å². The van der Waals surface area contributed by atoms with Crippen LogP contribution in [0.2, 0.25) is 0 Å². The number of rotatable bonds is 3. The van der Waals surface area contributed by atoms with Crippen LogP contribution >= 0.6 is 0 Å². The maximum absolute atomic E-state index is 3.66. The van der Waals surface area contributed by atoms with Gasteiger partial charge in [-0.3, -0.25) is 0 Å². The first-order chi connectivity index (χ1) is 5.68. The molecule has 0 saturated carbocycles. The predicted octanol–water partition coefficient (Wildman–Crippen LogP) is 4.28. The molecule has 0 aliphatic rings. The molecule has 68 valence electrons. The van der Waals surface area contributed by atoms with Crippen LogP contribution in [0.25, 0.3) is 0 Å². The molecule has 0 heteroatoms. The van der Waals surface area contributed by atoms with E-state index in [0.29, 0.717) is 0 Å². The van der Waals surface area contributed by atoms with Gasteiger partial charge in [0.05, 0.1) is 0 Å². The SMILES string of the molecule is C=C(C)/C=C/C.C=C/C=C/CC. The van der Waals surface area contributed by atoms with Crippen molar-refractivity contribution in [1.82, 2.24) is 0 Å². The fourth-order valence-corrected chi connectivity index (χ4v) is 0.517. The average molecular weight is 164 g/mol. The van der Waals surface area contributed by atoms with Crippen LogP contribution in [0, 0.1) is 0 Å². The normalized spacial score (nSPS) is 9.58. The van der Waals surface area contributed by atoms with Gasteiger partial charge in [0.1, 0.15) is 0 Å². The second-order valence-electron chi connectivity index (χ2n) is 2.42. The molecule has 0 unspecified atom stereocenters. The zero-order chi connectivity index (χ0) is 9.82. The highest BCUT2D eigenvalue weighted by Gasteiger charge is 1.63. The van der Waals surface area contributed by atoms with Gasteiger partial charge in [-0.2, -0.15) is 0 Å². The molecule has 0 heterocycles. The molecule has 0 saturated heterocycles. The lowest BCUT2D eigenvalue weighted by molar-refractivity contribution is 1.22. The zero-order valence-electron chi connectivity index (χ0n) is 8.51. The Balaban J connectivity index is 0. The average Bonchev–Trinajstić information content (AvgIpc) is 2.02. The molecule has 0 fully saturated rings. The van der Waals surface area contributed by atoms with Crippen LogP contribution < -0.4 is 0 Å². The number of hydrogen-bond acceptors (Lipinski definition) is 0. The summed E-state index contributed by atoms with van der Waals surface area (Å²) >= 11 is 0. The van der Waals surface area contributed by atoms with Gasteiger partial charge < -0.3 is 0 Å². The maximum atomic E-state index is 3.66. The van der Waals surface area contributed by atoms with Crippen molar-refractivity contribution >= 4 is 0 Å². The van der Waals surface area contributed by atoms with Crippen LogP contribution in [0.5, 0.6) is 0 Å². The van der Waals surface area contributed by atoms with Gasteiger partial charge in [0.25, 0.3) is 0 Å². The predicted molar refractivity (Wildman–Crippen MR) is 59.3 cm³/mol. The van der Waals surface area contributed by atoms with Crippen molar-refractivity contribution in [3.8, 4) is 0 Å². The molecule has 0 amide bonds. The molecule has 0 aromatic heterocycles. The highest BCUT2D eigenvalue weighted by atomic mass is 13.7. The van der Waals surface area contributed by atoms with Crippen LogP contribution in [0.1, 0.15) is 27.2 Å². The van der Waals surface area contributed by atoms with Crippen molar-refractivity contribution < 1.29 is 0 Å². The second kappa shape index (κ2) is 12.6. The highest BCUT2D eigenvalue weighted by molar-refractivity contribution is 5.09. The molecule has 0 aliphatic heterocycles. The third-order valence-corrected chi connectivity index (χ3v) is 0.959. The Morgan fingerprint density at radius 3 is 2.08 bits per heavy atom. The van der Waals surface area contributed by atoms with Crippen LogP contribution in [0.15, 0.2) is 49.1 Å². The fraction of sp³-hybridized carbons (Fsp3) is 0.333. The van der Waals surface area contributed by atoms with Crippen LogP contribution in [0.4, 0.5) is 0 Å². The van der Waals surface area contributed by atoms with E-state index in [1.165, 1.54) is 0 Å². The Kier molecular flexibility index (Phi) is 14.2. The lowest BCUT2D eigenvalue weighted by atomic mass is 10.3. The molecule has 0 rings (SSSR count). The molecule has 0 aromatic carbocycles. The minimum absolute atomic E-state index is 1.10. The summed E-state index contributed by atoms with van der Waals surface area (Å²) in [7, 11) is 0. The van der Waals surface area contributed by atoms with E-state index in [-0.39, 0.29) is 0 Å². The van der Waals surface area contributed by atoms with E-state index in [1.807, 2.05) is 32.1 Å². The van der Waals surface area contributed by atoms with Gasteiger partial charge in [0.15, 0.2) is 0 Å². The maximum Gasteiger partial charge on any atom is -0.0376 e. The van der Waals surface area contributed by atoms with E-state index >= 15 is 0 Å². The largest absolute Gasteiger partial charge is 0.0991 e. The monoisotopic (exact) mass is 164 g/mol. The van der Waals surface area contributed by atoms with Gasteiger partial charge in [-0.15, -0.1) is 0 Å². The molecule has 0 N–H and O–H groups in total. The zero-order valence-corrected chi connectivity index (χ0v) is 8.51. The summed E-state index contributed by atoms with van der Waals surface area (Å²) in [5, 5.41) is 0. The Labute approximate surface area is 77.0 Å². The minimum atomic E-state index is 1.10. The minimum Gasteiger partial charge on any atom is -0.0991 e. The van der Waals surface area contributed by atoms with Crippen molar-refractivity contribution in [3.63, 3.8) is 0 Å². The highest BCUT2D eigenvalue weighted by Crippen LogP contribution is 1.85. The first kappa shape index (κ1) is 13.5. The summed E-state index contributed by atoms with van der Waals surface area (Å²) in [5.41, 5.74) is 1.11. The Morgan fingerprint density at radius 2 is 2.00 bits per heavy atom. The van der Waals surface area contributed by atoms with Gasteiger partial charge in [-0.1, -0.05) is 56.0 Å². The quantitative estimate of drug-likeness (QED) is 0.546. The third-order valence-electron chi connectivity index (χ3n) is 0.959. The lowest BCUT2D eigenvalue weighted by Gasteiger charge is -1.75. The Bertz CT molecular complexity index is 159. The third kappa shape index (κ3) is 23.1. The van der Waals surface area contributed by atoms with Crippen molar-refractivity contribution in [1.29, 1.82) is 0 Å². The van der Waals surface area contributed by atoms with Crippen LogP contribution in [0.3, 0.4) is 0 Å². The van der Waals surface area contributed by atoms with Crippen molar-refractivity contribution in [2.24, 2.45) is 0 Å². The topological polar surface area (TPSA) is 0 Å². The Morgan fingerprint density at radius 1 is 1.42 bits per heavy atom. The second-order valence-corrected chi connectivity index (χ2v) is 2.42. The van der Waals surface area contributed by atoms with Crippen molar-refractivity contribution in [2.75, 3.05) is 0 Å². The lowest BCUT2D eigenvalue weighted by Crippen LogP contribution is -1.54. The summed E-state index contributed by atoms with van der Waals surface area (Å²) < 4.78 is 0. The summed E-state index contributed by atoms with van der Waals surface area (Å²) in [6.45, 7) is 13.2. The number of hydrogen-bond donors (Lipinski definition) is 0. The molecule has 0 radical (unpaired) electrons. The van der Waals surface area contributed by atoms with E-state index in [1.54, 1.807) is 6.08 Å². The van der Waals surface area contributed by atoms with E-state index in [2.05, 4.69) is 26.2 Å². The summed E-state index contributed by atoms with van der Waals surface area (Å²) in [6, 6.07) is 0. The molecule has 0 aromatic rings. The molecule has 0 atom stereocenters. The van der Waals surface area contributed by atoms with Crippen LogP contribution in [-0.2, 0) is 0 Å². The fourth-order valence-electron chi connectivity index (χ4n) is 0.517. The molecule has 12 heavy (non-hydrogen) atoms. The standard InChI is InChI=1S/2C6H10/c1-4-5-6(2)3;1-3-5-6-4-2/h4-5H,2H2,1,3H3;3,5-6H,1,4H2,2H3/b5-4+;6-5+. The van der Waals surface area contributed by atoms with E-state index in [9.17, 15) is 0 Å². The first-order valence-corrected chi connectivity index (χ1v) is 4.24. The number of allylic oxidation sites excluding steroid dienone is 6. The van der Waals surface area contributed by atoms with Gasteiger partial charge in [-0.25, -0.2) is 0 Å². The summed E-state index contributed by atoms with van der Waals surface area (Å²) in [5.74, 6) is 0. The van der Waals surface area contributed by atoms with E-state index < -0.39 is 0 Å². The van der Waals surface area contributed by atoms with Gasteiger partial charge in [0.2, 0.25) is 0 Å². The molecular formula is C12H20. The molecular weight excluding hydrogens is 144 g/mol. The van der Waals surface area contributed by atoms with Crippen LogP contribution in [-0.4, -0.2) is 0 Å². The first-order valence-electron chi connectivity index (χ1n) is 4.24. The summed E-state index contributed by atoms with van der Waals surface area (Å²) in [6.07, 6.45) is 10.8. The molecule has 0 spiro atoms. The van der Waals surface area contributed by atoms with Gasteiger partial charge in [0, 0.05) is 0 Å². The molecule has 0 aliphatic carbocycles. The van der Waals surface area contributed by atoms with Crippen molar-refractivity contribution in [3.05, 3.63) is 49.1 Å². The molecule has 0 nitrogen and oxygen atoms in total. The Hall–Kier alpha value is -1.04. The molecule has 0 bridgehead atoms. The van der Waals surface area contributed by atoms with E-state index in [4.69, 9.17) is 0 Å². The van der Waals surface area contributed by atoms with Gasteiger partial charge in [-0.05, 0) is 20.3 Å².